The molecule has 1 aliphatic rings. The van der Waals surface area contributed by atoms with Gasteiger partial charge < -0.3 is 19.7 Å². The van der Waals surface area contributed by atoms with Crippen molar-refractivity contribution in [2.75, 3.05) is 47.5 Å². The van der Waals surface area contributed by atoms with Crippen molar-refractivity contribution in [2.24, 2.45) is 5.92 Å². The second kappa shape index (κ2) is 6.33. The SMILES string of the molecule is CNC(C)(CN1CCC(COC)C1)C(=O)OC. The van der Waals surface area contributed by atoms with Crippen LogP contribution in [0, 0.1) is 5.92 Å². The summed E-state index contributed by atoms with van der Waals surface area (Å²) in [5, 5.41) is 3.06. The van der Waals surface area contributed by atoms with E-state index in [9.17, 15) is 4.79 Å². The molecule has 0 aromatic heterocycles. The summed E-state index contributed by atoms with van der Waals surface area (Å²) in [7, 11) is 4.95. The van der Waals surface area contributed by atoms with Gasteiger partial charge in [0.1, 0.15) is 5.54 Å². The normalized spacial score (nSPS) is 24.6. The molecular weight excluding hydrogens is 220 g/mol. The van der Waals surface area contributed by atoms with Crippen molar-refractivity contribution >= 4 is 5.97 Å². The zero-order chi connectivity index (χ0) is 12.9. The molecule has 1 fully saturated rings. The lowest BCUT2D eigenvalue weighted by Gasteiger charge is -2.30. The molecule has 1 heterocycles. The van der Waals surface area contributed by atoms with Crippen LogP contribution in [0.3, 0.4) is 0 Å². The van der Waals surface area contributed by atoms with Crippen molar-refractivity contribution in [1.29, 1.82) is 0 Å². The van der Waals surface area contributed by atoms with E-state index in [4.69, 9.17) is 9.47 Å². The first-order valence-corrected chi connectivity index (χ1v) is 6.04. The highest BCUT2D eigenvalue weighted by Gasteiger charge is 2.36. The Bertz CT molecular complexity index is 260. The van der Waals surface area contributed by atoms with E-state index in [0.29, 0.717) is 12.5 Å². The fourth-order valence-electron chi connectivity index (χ4n) is 2.35. The van der Waals surface area contributed by atoms with Crippen LogP contribution < -0.4 is 5.32 Å². The van der Waals surface area contributed by atoms with Crippen LogP contribution in [0.4, 0.5) is 0 Å². The van der Waals surface area contributed by atoms with Gasteiger partial charge >= 0.3 is 5.97 Å². The quantitative estimate of drug-likeness (QED) is 0.672. The van der Waals surface area contributed by atoms with Crippen LogP contribution >= 0.6 is 0 Å². The fraction of sp³-hybridized carbons (Fsp3) is 0.917. The van der Waals surface area contributed by atoms with Crippen molar-refractivity contribution in [3.8, 4) is 0 Å². The average Bonchev–Trinajstić information content (AvgIpc) is 2.75. The van der Waals surface area contributed by atoms with Crippen LogP contribution in [0.25, 0.3) is 0 Å². The summed E-state index contributed by atoms with van der Waals surface area (Å²) in [6.45, 7) is 5.36. The van der Waals surface area contributed by atoms with E-state index in [1.807, 2.05) is 6.92 Å². The van der Waals surface area contributed by atoms with E-state index in [-0.39, 0.29) is 5.97 Å². The average molecular weight is 244 g/mol. The van der Waals surface area contributed by atoms with Crippen molar-refractivity contribution in [3.63, 3.8) is 0 Å². The number of esters is 1. The van der Waals surface area contributed by atoms with Crippen molar-refractivity contribution < 1.29 is 14.3 Å². The molecule has 1 N–H and O–H groups in total. The van der Waals surface area contributed by atoms with Gasteiger partial charge in [0.2, 0.25) is 0 Å². The molecule has 0 radical (unpaired) electrons. The molecule has 1 saturated heterocycles. The molecule has 1 rings (SSSR count). The first-order chi connectivity index (χ1) is 8.05. The molecule has 2 unspecified atom stereocenters. The van der Waals surface area contributed by atoms with Crippen molar-refractivity contribution in [3.05, 3.63) is 0 Å². The van der Waals surface area contributed by atoms with Crippen molar-refractivity contribution in [2.45, 2.75) is 18.9 Å². The number of ether oxygens (including phenoxy) is 2. The molecule has 0 spiro atoms. The van der Waals surface area contributed by atoms with Crippen molar-refractivity contribution in [1.82, 2.24) is 10.2 Å². The van der Waals surface area contributed by atoms with Crippen LogP contribution in [0.15, 0.2) is 0 Å². The minimum absolute atomic E-state index is 0.213. The third-order valence-electron chi connectivity index (χ3n) is 3.50. The Hall–Kier alpha value is -0.650. The standard InChI is InChI=1S/C12H24N2O3/c1-12(13-2,11(15)17-4)9-14-6-5-10(7-14)8-16-3/h10,13H,5-9H2,1-4H3. The zero-order valence-electron chi connectivity index (χ0n) is 11.3. The molecule has 0 aromatic carbocycles. The summed E-state index contributed by atoms with van der Waals surface area (Å²) in [6, 6.07) is 0. The number of hydrogen-bond acceptors (Lipinski definition) is 5. The number of nitrogens with one attached hydrogen (secondary N) is 1. The third-order valence-corrected chi connectivity index (χ3v) is 3.50. The summed E-state index contributed by atoms with van der Waals surface area (Å²) in [5.74, 6) is 0.369. The van der Waals surface area contributed by atoms with E-state index >= 15 is 0 Å². The topological polar surface area (TPSA) is 50.8 Å². The molecule has 0 amide bonds. The Kier molecular flexibility index (Phi) is 5.36. The number of carbonyl (C=O) groups is 1. The number of likely N-dealkylation sites (tertiary alicyclic amines) is 1. The maximum absolute atomic E-state index is 11.7. The molecule has 0 aromatic rings. The predicted molar refractivity (Wildman–Crippen MR) is 65.9 cm³/mol. The maximum atomic E-state index is 11.7. The van der Waals surface area contributed by atoms with E-state index in [2.05, 4.69) is 10.2 Å². The van der Waals surface area contributed by atoms with Crippen LogP contribution in [0.1, 0.15) is 13.3 Å². The highest BCUT2D eigenvalue weighted by atomic mass is 16.5. The number of likely N-dealkylation sites (N-methyl/N-ethyl adjacent to an activating group) is 1. The van der Waals surface area contributed by atoms with Crippen LogP contribution in [0.2, 0.25) is 0 Å². The molecule has 100 valence electrons. The van der Waals surface area contributed by atoms with E-state index in [0.717, 1.165) is 26.1 Å². The zero-order valence-corrected chi connectivity index (χ0v) is 11.3. The lowest BCUT2D eigenvalue weighted by atomic mass is 10.0. The first kappa shape index (κ1) is 14.4. The number of methoxy groups -OCH3 is 2. The monoisotopic (exact) mass is 244 g/mol. The molecule has 0 aliphatic carbocycles. The van der Waals surface area contributed by atoms with Crippen LogP contribution in [0.5, 0.6) is 0 Å². The number of rotatable bonds is 6. The second-order valence-corrected chi connectivity index (χ2v) is 4.92. The van der Waals surface area contributed by atoms with Gasteiger partial charge in [0.25, 0.3) is 0 Å². The fourth-order valence-corrected chi connectivity index (χ4v) is 2.35. The summed E-state index contributed by atoms with van der Waals surface area (Å²) in [4.78, 5) is 14.0. The molecule has 0 bridgehead atoms. The number of nitrogens with zero attached hydrogens (tertiary/aromatic N) is 1. The van der Waals surface area contributed by atoms with Gasteiger partial charge in [-0.1, -0.05) is 0 Å². The molecule has 1 aliphatic heterocycles. The van der Waals surface area contributed by atoms with Gasteiger partial charge in [-0.05, 0) is 32.9 Å². The van der Waals surface area contributed by atoms with Gasteiger partial charge in [-0.3, -0.25) is 4.79 Å². The van der Waals surface area contributed by atoms with Gasteiger partial charge in [-0.25, -0.2) is 0 Å². The van der Waals surface area contributed by atoms with Gasteiger partial charge in [-0.2, -0.15) is 0 Å². The Morgan fingerprint density at radius 3 is 2.76 bits per heavy atom. The summed E-state index contributed by atoms with van der Waals surface area (Å²) in [6.07, 6.45) is 1.13. The Labute approximate surface area is 103 Å². The summed E-state index contributed by atoms with van der Waals surface area (Å²) >= 11 is 0. The Morgan fingerprint density at radius 1 is 1.53 bits per heavy atom. The van der Waals surface area contributed by atoms with E-state index < -0.39 is 5.54 Å². The third kappa shape index (κ3) is 3.66. The van der Waals surface area contributed by atoms with E-state index in [1.165, 1.54) is 7.11 Å². The smallest absolute Gasteiger partial charge is 0.327 e. The van der Waals surface area contributed by atoms with Gasteiger partial charge in [-0.15, -0.1) is 0 Å². The minimum Gasteiger partial charge on any atom is -0.468 e. The number of hydrogen-bond donors (Lipinski definition) is 1. The summed E-state index contributed by atoms with van der Waals surface area (Å²) in [5.41, 5.74) is -0.628. The Morgan fingerprint density at radius 2 is 2.24 bits per heavy atom. The Balaban J connectivity index is 2.50. The lowest BCUT2D eigenvalue weighted by Crippen LogP contribution is -2.55. The first-order valence-electron chi connectivity index (χ1n) is 6.04. The van der Waals surface area contributed by atoms with Gasteiger partial charge in [0, 0.05) is 20.2 Å². The lowest BCUT2D eigenvalue weighted by molar-refractivity contribution is -0.148. The molecular formula is C12H24N2O3. The van der Waals surface area contributed by atoms with Gasteiger partial charge in [0.15, 0.2) is 0 Å². The summed E-state index contributed by atoms with van der Waals surface area (Å²) < 4.78 is 10.0. The highest BCUT2D eigenvalue weighted by molar-refractivity contribution is 5.80. The molecule has 0 saturated carbocycles. The molecule has 5 nitrogen and oxygen atoms in total. The molecule has 2 atom stereocenters. The van der Waals surface area contributed by atoms with E-state index in [1.54, 1.807) is 14.2 Å². The second-order valence-electron chi connectivity index (χ2n) is 4.92. The van der Waals surface area contributed by atoms with Crippen LogP contribution in [-0.2, 0) is 14.3 Å². The molecule has 5 heteroatoms. The van der Waals surface area contributed by atoms with Crippen LogP contribution in [-0.4, -0.2) is 63.9 Å². The number of carbonyl (C=O) groups excluding carboxylic acids is 1. The van der Waals surface area contributed by atoms with Gasteiger partial charge in [0.05, 0.1) is 13.7 Å². The molecule has 17 heavy (non-hydrogen) atoms. The highest BCUT2D eigenvalue weighted by Crippen LogP contribution is 2.19. The maximum Gasteiger partial charge on any atom is 0.327 e. The largest absolute Gasteiger partial charge is 0.468 e. The predicted octanol–water partition coefficient (Wildman–Crippen LogP) is 0.106. The minimum atomic E-state index is -0.628.